The predicted molar refractivity (Wildman–Crippen MR) is 145 cm³/mol. The van der Waals surface area contributed by atoms with E-state index >= 15 is 0 Å². The molecule has 2 atom stereocenters. The van der Waals surface area contributed by atoms with Gasteiger partial charge in [-0.25, -0.2) is 0 Å². The molecule has 0 saturated heterocycles. The number of aryl methyl sites for hydroxylation is 1. The molecular formula is C31H29F6NO5. The quantitative estimate of drug-likeness (QED) is 0.254. The Morgan fingerprint density at radius 1 is 0.953 bits per heavy atom. The second-order valence-corrected chi connectivity index (χ2v) is 10.3. The molecule has 1 N–H and O–H groups in total. The third-order valence-corrected chi connectivity index (χ3v) is 7.44. The number of esters is 1. The number of halogens is 6. The Bertz CT molecular complexity index is 1440. The summed E-state index contributed by atoms with van der Waals surface area (Å²) in [6.45, 7) is 1.58. The van der Waals surface area contributed by atoms with E-state index in [9.17, 15) is 41.0 Å². The molecule has 2 unspecified atom stereocenters. The van der Waals surface area contributed by atoms with Crippen LogP contribution >= 0.6 is 0 Å². The van der Waals surface area contributed by atoms with E-state index in [1.165, 1.54) is 12.0 Å². The second kappa shape index (κ2) is 12.3. The van der Waals surface area contributed by atoms with Gasteiger partial charge in [0.2, 0.25) is 5.91 Å². The Morgan fingerprint density at radius 2 is 1.63 bits per heavy atom. The van der Waals surface area contributed by atoms with Crippen molar-refractivity contribution in [2.75, 3.05) is 18.6 Å². The minimum absolute atomic E-state index is 0.0172. The van der Waals surface area contributed by atoms with Crippen LogP contribution in [0.25, 0.3) is 0 Å². The number of aliphatic hydroxyl groups is 1. The van der Waals surface area contributed by atoms with E-state index in [2.05, 4.69) is 4.74 Å². The molecule has 0 radical (unpaired) electrons. The number of nitrogens with zero attached hydrogens (tertiary/aromatic N) is 1. The van der Waals surface area contributed by atoms with E-state index < -0.39 is 47.4 Å². The van der Waals surface area contributed by atoms with Gasteiger partial charge in [-0.05, 0) is 54.7 Å². The van der Waals surface area contributed by atoms with Gasteiger partial charge in [-0.1, -0.05) is 54.6 Å². The first-order chi connectivity index (χ1) is 20.2. The van der Waals surface area contributed by atoms with Crippen LogP contribution in [0.2, 0.25) is 0 Å². The lowest BCUT2D eigenvalue weighted by atomic mass is 9.89. The highest BCUT2D eigenvalue weighted by Gasteiger charge is 2.71. The molecule has 0 aliphatic carbocycles. The van der Waals surface area contributed by atoms with E-state index in [0.717, 1.165) is 6.07 Å². The molecule has 43 heavy (non-hydrogen) atoms. The zero-order valence-corrected chi connectivity index (χ0v) is 23.2. The van der Waals surface area contributed by atoms with Crippen molar-refractivity contribution < 1.29 is 50.5 Å². The number of amides is 1. The van der Waals surface area contributed by atoms with Gasteiger partial charge in [0, 0.05) is 11.3 Å². The molecule has 6 nitrogen and oxygen atoms in total. The Kier molecular flexibility index (Phi) is 9.10. The summed E-state index contributed by atoms with van der Waals surface area (Å²) in [7, 11) is 1.25. The molecule has 0 fully saturated rings. The zero-order valence-electron chi connectivity index (χ0n) is 23.2. The normalized spacial score (nSPS) is 16.6. The molecule has 4 rings (SSSR count). The van der Waals surface area contributed by atoms with Gasteiger partial charge in [-0.2, -0.15) is 26.3 Å². The summed E-state index contributed by atoms with van der Waals surface area (Å²) < 4.78 is 92.7. The molecule has 3 aromatic carbocycles. The summed E-state index contributed by atoms with van der Waals surface area (Å²) in [5.41, 5.74) is -5.12. The third-order valence-electron chi connectivity index (χ3n) is 7.44. The maximum Gasteiger partial charge on any atom is 0.430 e. The number of fused-ring (bicyclic) bond motifs is 1. The minimum Gasteiger partial charge on any atom is -0.489 e. The van der Waals surface area contributed by atoms with Crippen LogP contribution in [0, 0.1) is 0 Å². The number of ether oxygens (including phenoxy) is 2. The fourth-order valence-electron chi connectivity index (χ4n) is 5.05. The lowest BCUT2D eigenvalue weighted by Gasteiger charge is -2.34. The molecule has 1 heterocycles. The van der Waals surface area contributed by atoms with Crippen molar-refractivity contribution in [1.29, 1.82) is 0 Å². The van der Waals surface area contributed by atoms with Crippen LogP contribution in [0.1, 0.15) is 41.5 Å². The van der Waals surface area contributed by atoms with E-state index in [1.807, 2.05) is 0 Å². The number of carbonyl (C=O) groups is 2. The molecule has 0 saturated carbocycles. The summed E-state index contributed by atoms with van der Waals surface area (Å²) in [6, 6.07) is 17.5. The van der Waals surface area contributed by atoms with Gasteiger partial charge >= 0.3 is 18.3 Å². The van der Waals surface area contributed by atoms with Crippen LogP contribution in [-0.2, 0) is 32.8 Å². The monoisotopic (exact) mass is 609 g/mol. The number of hydrogen-bond acceptors (Lipinski definition) is 5. The van der Waals surface area contributed by atoms with Crippen molar-refractivity contribution in [2.45, 2.75) is 56.2 Å². The average molecular weight is 610 g/mol. The highest BCUT2D eigenvalue weighted by Crippen LogP contribution is 2.51. The molecule has 0 aromatic heterocycles. The molecular weight excluding hydrogens is 580 g/mol. The maximum atomic E-state index is 13.8. The van der Waals surface area contributed by atoms with Crippen LogP contribution in [0.5, 0.6) is 5.75 Å². The SMILES string of the molecule is COC(=O)Cc1cccc(OC2CCc3cc(C(O)(C(F)(F)F)C(F)(F)F)ccc3N(C(=O)C(C)c3ccccc3)C2)c1. The van der Waals surface area contributed by atoms with E-state index in [0.29, 0.717) is 29.0 Å². The highest BCUT2D eigenvalue weighted by atomic mass is 19.4. The van der Waals surface area contributed by atoms with Crippen molar-refractivity contribution in [3.8, 4) is 5.75 Å². The Hall–Kier alpha value is -4.06. The van der Waals surface area contributed by atoms with E-state index in [1.54, 1.807) is 61.5 Å². The number of rotatable bonds is 7. The lowest BCUT2D eigenvalue weighted by Crippen LogP contribution is -2.54. The zero-order chi connectivity index (χ0) is 31.6. The molecule has 1 aliphatic heterocycles. The Balaban J connectivity index is 1.73. The summed E-state index contributed by atoms with van der Waals surface area (Å²) in [5.74, 6) is -1.28. The first kappa shape index (κ1) is 31.9. The van der Waals surface area contributed by atoms with Gasteiger partial charge in [-0.3, -0.25) is 9.59 Å². The number of alkyl halides is 6. The Labute approximate surface area is 243 Å². The summed E-state index contributed by atoms with van der Waals surface area (Å²) in [5, 5.41) is 10.0. The van der Waals surface area contributed by atoms with Crippen molar-refractivity contribution in [3.05, 3.63) is 95.1 Å². The molecule has 0 bridgehead atoms. The topological polar surface area (TPSA) is 76.1 Å². The van der Waals surface area contributed by atoms with Gasteiger partial charge in [-0.15, -0.1) is 0 Å². The van der Waals surface area contributed by atoms with Crippen LogP contribution in [0.15, 0.2) is 72.8 Å². The number of carbonyl (C=O) groups excluding carboxylic acids is 2. The highest BCUT2D eigenvalue weighted by molar-refractivity contribution is 5.98. The van der Waals surface area contributed by atoms with Crippen LogP contribution in [0.4, 0.5) is 32.0 Å². The smallest absolute Gasteiger partial charge is 0.430 e. The third kappa shape index (κ3) is 6.64. The summed E-state index contributed by atoms with van der Waals surface area (Å²) in [6.07, 6.45) is -12.8. The number of hydrogen-bond donors (Lipinski definition) is 1. The largest absolute Gasteiger partial charge is 0.489 e. The standard InChI is InChI=1S/C31H29F6NO5/c1-19(21-8-4-3-5-9-21)28(40)38-18-25(43-24-10-6-7-20(15-24)16-27(39)42-2)13-11-22-17-23(12-14-26(22)38)29(41,30(32,33)34)31(35,36)37/h3-10,12,14-15,17,19,25,41H,11,13,16,18H2,1-2H3. The summed E-state index contributed by atoms with van der Waals surface area (Å²) in [4.78, 5) is 26.8. The molecule has 1 amide bonds. The molecule has 0 spiro atoms. The van der Waals surface area contributed by atoms with Gasteiger partial charge < -0.3 is 19.5 Å². The Morgan fingerprint density at radius 3 is 2.26 bits per heavy atom. The lowest BCUT2D eigenvalue weighted by molar-refractivity contribution is -0.376. The fourth-order valence-corrected chi connectivity index (χ4v) is 5.05. The minimum atomic E-state index is -6.05. The molecule has 3 aromatic rings. The first-order valence-electron chi connectivity index (χ1n) is 13.3. The van der Waals surface area contributed by atoms with Gasteiger partial charge in [0.15, 0.2) is 0 Å². The van der Waals surface area contributed by atoms with E-state index in [4.69, 9.17) is 4.74 Å². The number of benzene rings is 3. The van der Waals surface area contributed by atoms with Crippen LogP contribution < -0.4 is 9.64 Å². The van der Waals surface area contributed by atoms with Crippen molar-refractivity contribution in [2.24, 2.45) is 0 Å². The maximum absolute atomic E-state index is 13.8. The average Bonchev–Trinajstić information content (AvgIpc) is 3.14. The van der Waals surface area contributed by atoms with Crippen LogP contribution in [-0.4, -0.2) is 49.1 Å². The van der Waals surface area contributed by atoms with Gasteiger partial charge in [0.05, 0.1) is 26.0 Å². The first-order valence-corrected chi connectivity index (χ1v) is 13.3. The summed E-state index contributed by atoms with van der Waals surface area (Å²) >= 11 is 0. The molecule has 12 heteroatoms. The molecule has 230 valence electrons. The van der Waals surface area contributed by atoms with Crippen molar-refractivity contribution in [1.82, 2.24) is 0 Å². The van der Waals surface area contributed by atoms with Gasteiger partial charge in [0.1, 0.15) is 11.9 Å². The second-order valence-electron chi connectivity index (χ2n) is 10.3. The molecule has 1 aliphatic rings. The number of anilines is 1. The van der Waals surface area contributed by atoms with Gasteiger partial charge in [0.25, 0.3) is 5.60 Å². The van der Waals surface area contributed by atoms with E-state index in [-0.39, 0.29) is 37.1 Å². The van der Waals surface area contributed by atoms with Crippen molar-refractivity contribution in [3.63, 3.8) is 0 Å². The fraction of sp³-hybridized carbons (Fsp3) is 0.355. The predicted octanol–water partition coefficient (Wildman–Crippen LogP) is 6.24. The number of methoxy groups -OCH3 is 1. The van der Waals surface area contributed by atoms with Crippen molar-refractivity contribution >= 4 is 17.6 Å². The van der Waals surface area contributed by atoms with Crippen LogP contribution in [0.3, 0.4) is 0 Å².